The van der Waals surface area contributed by atoms with Gasteiger partial charge in [-0.3, -0.25) is 18.9 Å². The first-order valence-corrected chi connectivity index (χ1v) is 10.2. The lowest BCUT2D eigenvalue weighted by Gasteiger charge is -2.26. The molecule has 1 aromatic carbocycles. The highest BCUT2D eigenvalue weighted by Gasteiger charge is 2.34. The van der Waals surface area contributed by atoms with E-state index in [1.54, 1.807) is 6.07 Å². The smallest absolute Gasteiger partial charge is 0.379 e. The number of benzene rings is 1. The van der Waals surface area contributed by atoms with Gasteiger partial charge in [-0.2, -0.15) is 0 Å². The minimum atomic E-state index is -3.20. The third-order valence-corrected chi connectivity index (χ3v) is 6.36. The van der Waals surface area contributed by atoms with Gasteiger partial charge in [0, 0.05) is 12.3 Å². The average molecular weight is 378 g/mol. The molecule has 0 bridgehead atoms. The molecule has 9 heteroatoms. The normalized spacial score (nSPS) is 27.7. The number of aryl methyl sites for hydroxylation is 1. The molecule has 0 saturated carbocycles. The van der Waals surface area contributed by atoms with Crippen molar-refractivity contribution in [1.29, 1.82) is 0 Å². The van der Waals surface area contributed by atoms with Gasteiger partial charge < -0.3 is 9.26 Å². The summed E-state index contributed by atoms with van der Waals surface area (Å²) in [6.45, 7) is 0.133. The van der Waals surface area contributed by atoms with Gasteiger partial charge in [-0.05, 0) is 30.9 Å². The number of H-pyrrole nitrogens is 1. The summed E-state index contributed by atoms with van der Waals surface area (Å²) in [5.41, 5.74) is 0.0678. The number of aromatic amines is 1. The summed E-state index contributed by atoms with van der Waals surface area (Å²) in [5, 5.41) is 0. The average Bonchev–Trinajstić information content (AvgIpc) is 3.09. The van der Waals surface area contributed by atoms with Crippen molar-refractivity contribution in [1.82, 2.24) is 9.55 Å². The maximum absolute atomic E-state index is 12.8. The van der Waals surface area contributed by atoms with Gasteiger partial charge in [0.2, 0.25) is 0 Å². The molecule has 0 spiro atoms. The molecule has 1 saturated heterocycles. The van der Waals surface area contributed by atoms with Gasteiger partial charge in [0.15, 0.2) is 0 Å². The molecule has 0 radical (unpaired) electrons. The third-order valence-electron chi connectivity index (χ3n) is 4.57. The van der Waals surface area contributed by atoms with E-state index >= 15 is 0 Å². The molecule has 3 unspecified atom stereocenters. The number of para-hydroxylation sites is 1. The van der Waals surface area contributed by atoms with Gasteiger partial charge in [0.25, 0.3) is 5.56 Å². The number of hydrogen-bond acceptors (Lipinski definition) is 6. The Balaban J connectivity index is 1.37. The maximum atomic E-state index is 12.8. The molecule has 0 aliphatic carbocycles. The van der Waals surface area contributed by atoms with E-state index < -0.39 is 25.1 Å². The zero-order valence-corrected chi connectivity index (χ0v) is 14.9. The number of nitrogens with one attached hydrogen (secondary N) is 1. The van der Waals surface area contributed by atoms with E-state index in [0.717, 1.165) is 5.56 Å². The van der Waals surface area contributed by atoms with Gasteiger partial charge in [0.1, 0.15) is 12.0 Å². The quantitative estimate of drug-likeness (QED) is 0.818. The fourth-order valence-electron chi connectivity index (χ4n) is 3.21. The van der Waals surface area contributed by atoms with Gasteiger partial charge in [-0.15, -0.1) is 0 Å². The predicted molar refractivity (Wildman–Crippen MR) is 93.7 cm³/mol. The van der Waals surface area contributed by atoms with Crippen LogP contribution in [0.5, 0.6) is 5.75 Å². The number of nitrogens with zero attached hydrogens (tertiary/aromatic N) is 1. The van der Waals surface area contributed by atoms with Crippen molar-refractivity contribution in [2.75, 3.05) is 12.8 Å². The van der Waals surface area contributed by atoms with Gasteiger partial charge >= 0.3 is 13.3 Å². The van der Waals surface area contributed by atoms with Crippen LogP contribution in [0.2, 0.25) is 0 Å². The number of hydrogen-bond donors (Lipinski definition) is 1. The molecule has 1 N–H and O–H groups in total. The van der Waals surface area contributed by atoms with Crippen LogP contribution in [0, 0.1) is 0 Å². The Kier molecular flexibility index (Phi) is 4.56. The second kappa shape index (κ2) is 6.87. The van der Waals surface area contributed by atoms with Crippen LogP contribution in [0.25, 0.3) is 0 Å². The van der Waals surface area contributed by atoms with Crippen molar-refractivity contribution in [2.45, 2.75) is 31.6 Å². The lowest BCUT2D eigenvalue weighted by molar-refractivity contribution is -0.0213. The van der Waals surface area contributed by atoms with Gasteiger partial charge in [-0.25, -0.2) is 9.36 Å². The molecule has 1 fully saturated rings. The van der Waals surface area contributed by atoms with Crippen LogP contribution < -0.4 is 15.8 Å². The topological polar surface area (TPSA) is 99.6 Å². The Morgan fingerprint density at radius 3 is 2.92 bits per heavy atom. The van der Waals surface area contributed by atoms with Crippen molar-refractivity contribution < 1.29 is 18.3 Å². The van der Waals surface area contributed by atoms with E-state index in [0.29, 0.717) is 31.2 Å². The molecule has 3 atom stereocenters. The van der Waals surface area contributed by atoms with Crippen molar-refractivity contribution in [3.05, 3.63) is 62.9 Å². The Bertz CT molecular complexity index is 968. The van der Waals surface area contributed by atoms with Gasteiger partial charge in [-0.1, -0.05) is 18.2 Å². The minimum absolute atomic E-state index is 0.133. The van der Waals surface area contributed by atoms with Crippen molar-refractivity contribution in [2.24, 2.45) is 0 Å². The predicted octanol–water partition coefficient (Wildman–Crippen LogP) is 2.06. The summed E-state index contributed by atoms with van der Waals surface area (Å²) in [7, 11) is -3.20. The second-order valence-electron chi connectivity index (χ2n) is 6.39. The SMILES string of the molecule is O=c1ccn(C2CCC(COP3(=O)CCc4ccccc4O3)O2)c(=O)[nH]1. The molecule has 138 valence electrons. The third kappa shape index (κ3) is 3.53. The molecule has 2 aromatic rings. The Morgan fingerprint density at radius 2 is 2.08 bits per heavy atom. The maximum Gasteiger partial charge on any atom is 0.379 e. The Labute approximate surface area is 149 Å². The van der Waals surface area contributed by atoms with Crippen molar-refractivity contribution in [3.63, 3.8) is 0 Å². The molecule has 26 heavy (non-hydrogen) atoms. The molecule has 2 aliphatic heterocycles. The highest BCUT2D eigenvalue weighted by molar-refractivity contribution is 7.54. The largest absolute Gasteiger partial charge is 0.424 e. The van der Waals surface area contributed by atoms with E-state index in [1.807, 2.05) is 18.2 Å². The van der Waals surface area contributed by atoms with E-state index in [4.69, 9.17) is 13.8 Å². The van der Waals surface area contributed by atoms with Crippen molar-refractivity contribution in [3.8, 4) is 5.75 Å². The first-order valence-electron chi connectivity index (χ1n) is 8.50. The number of fused-ring (bicyclic) bond motifs is 1. The van der Waals surface area contributed by atoms with Gasteiger partial charge in [0.05, 0.1) is 18.9 Å². The molecule has 3 heterocycles. The summed E-state index contributed by atoms with van der Waals surface area (Å²) in [6, 6.07) is 8.77. The number of ether oxygens (including phenoxy) is 1. The van der Waals surface area contributed by atoms with Crippen LogP contribution >= 0.6 is 7.60 Å². The molecule has 8 nitrogen and oxygen atoms in total. The molecular weight excluding hydrogens is 359 g/mol. The first kappa shape index (κ1) is 17.3. The van der Waals surface area contributed by atoms with E-state index in [1.165, 1.54) is 16.8 Å². The summed E-state index contributed by atoms with van der Waals surface area (Å²) in [5.74, 6) is 0.604. The summed E-state index contributed by atoms with van der Waals surface area (Å²) < 4.78 is 31.2. The summed E-state index contributed by atoms with van der Waals surface area (Å²) in [6.07, 6.45) is 2.90. The number of rotatable bonds is 4. The highest BCUT2D eigenvalue weighted by Crippen LogP contribution is 2.53. The fourth-order valence-corrected chi connectivity index (χ4v) is 4.87. The Hall–Kier alpha value is -2.15. The molecule has 1 aromatic heterocycles. The van der Waals surface area contributed by atoms with Crippen LogP contribution in [0.15, 0.2) is 46.1 Å². The lowest BCUT2D eigenvalue weighted by atomic mass is 10.1. The number of aromatic nitrogens is 2. The van der Waals surface area contributed by atoms with Crippen LogP contribution in [-0.4, -0.2) is 28.4 Å². The lowest BCUT2D eigenvalue weighted by Crippen LogP contribution is -2.31. The highest BCUT2D eigenvalue weighted by atomic mass is 31.2. The Morgan fingerprint density at radius 1 is 1.23 bits per heavy atom. The fraction of sp³-hybridized carbons (Fsp3) is 0.412. The summed E-state index contributed by atoms with van der Waals surface area (Å²) >= 11 is 0. The molecular formula is C17H19N2O6P. The molecule has 4 rings (SSSR count). The van der Waals surface area contributed by atoms with E-state index in [2.05, 4.69) is 4.98 Å². The first-order chi connectivity index (χ1) is 12.5. The van der Waals surface area contributed by atoms with E-state index in [-0.39, 0.29) is 12.7 Å². The van der Waals surface area contributed by atoms with Crippen LogP contribution in [-0.2, 0) is 20.2 Å². The van der Waals surface area contributed by atoms with Crippen molar-refractivity contribution >= 4 is 7.60 Å². The molecule has 2 aliphatic rings. The van der Waals surface area contributed by atoms with Crippen LogP contribution in [0.1, 0.15) is 24.6 Å². The second-order valence-corrected chi connectivity index (χ2v) is 8.50. The monoisotopic (exact) mass is 378 g/mol. The van der Waals surface area contributed by atoms with Crippen LogP contribution in [0.3, 0.4) is 0 Å². The van der Waals surface area contributed by atoms with Crippen LogP contribution in [0.4, 0.5) is 0 Å². The standard InChI is InChI=1S/C17H19N2O6P/c20-15-7-9-19(17(21)18-15)16-6-5-13(24-16)11-23-26(22)10-8-12-3-1-2-4-14(12)25-26/h1-4,7,9,13,16H,5-6,8,10-11H2,(H,18,20,21). The molecule has 0 amide bonds. The minimum Gasteiger partial charge on any atom is -0.424 e. The zero-order valence-electron chi connectivity index (χ0n) is 14.0. The zero-order chi connectivity index (χ0) is 18.1. The van der Waals surface area contributed by atoms with E-state index in [9.17, 15) is 14.2 Å². The summed E-state index contributed by atoms with van der Waals surface area (Å²) in [4.78, 5) is 25.2.